The second kappa shape index (κ2) is 9.72. The average Bonchev–Trinajstić information content (AvgIpc) is 2.84. The van der Waals surface area contributed by atoms with Crippen LogP contribution in [0.5, 0.6) is 0 Å². The van der Waals surface area contributed by atoms with Crippen molar-refractivity contribution in [2.45, 2.75) is 19.0 Å². The number of carbonyl (C=O) groups is 2. The van der Waals surface area contributed by atoms with Crippen molar-refractivity contribution < 1.29 is 22.8 Å². The van der Waals surface area contributed by atoms with Gasteiger partial charge >= 0.3 is 12.2 Å². The molecule has 3 amide bonds. The molecule has 2 heterocycles. The van der Waals surface area contributed by atoms with Crippen LogP contribution in [0, 0.1) is 5.92 Å². The van der Waals surface area contributed by atoms with Gasteiger partial charge in [0.1, 0.15) is 0 Å². The van der Waals surface area contributed by atoms with Crippen molar-refractivity contribution in [2.24, 2.45) is 5.92 Å². The first-order valence-electron chi connectivity index (χ1n) is 11.1. The van der Waals surface area contributed by atoms with E-state index in [4.69, 9.17) is 0 Å². The Hall–Kier alpha value is -3.23. The summed E-state index contributed by atoms with van der Waals surface area (Å²) in [6.45, 7) is 2.96. The molecule has 4 rings (SSSR count). The molecule has 0 spiro atoms. The lowest BCUT2D eigenvalue weighted by atomic mass is 9.95. The van der Waals surface area contributed by atoms with Gasteiger partial charge in [-0.1, -0.05) is 24.3 Å². The van der Waals surface area contributed by atoms with Gasteiger partial charge in [0.2, 0.25) is 5.91 Å². The predicted molar refractivity (Wildman–Crippen MR) is 120 cm³/mol. The smallest absolute Gasteiger partial charge is 0.368 e. The van der Waals surface area contributed by atoms with Gasteiger partial charge < -0.3 is 20.0 Å². The number of urea groups is 1. The molecule has 0 radical (unpaired) electrons. The molecule has 0 unspecified atom stereocenters. The van der Waals surface area contributed by atoms with E-state index in [9.17, 15) is 22.8 Å². The molecule has 2 aliphatic heterocycles. The van der Waals surface area contributed by atoms with E-state index in [1.807, 2.05) is 35.2 Å². The van der Waals surface area contributed by atoms with Gasteiger partial charge in [0.25, 0.3) is 0 Å². The Labute approximate surface area is 191 Å². The SMILES string of the molecule is O=C(Nc1ccccc1)N1CCC(C(=O)N2CCN(c3cccc(C(F)(F)F)c3)CC2)CC1. The van der Waals surface area contributed by atoms with E-state index in [1.165, 1.54) is 6.07 Å². The minimum absolute atomic E-state index is 0.0711. The van der Waals surface area contributed by atoms with E-state index in [0.717, 1.165) is 17.8 Å². The van der Waals surface area contributed by atoms with Crippen LogP contribution < -0.4 is 10.2 Å². The highest BCUT2D eigenvalue weighted by Crippen LogP contribution is 2.32. The maximum atomic E-state index is 13.0. The summed E-state index contributed by atoms with van der Waals surface area (Å²) >= 11 is 0. The maximum absolute atomic E-state index is 13.0. The van der Waals surface area contributed by atoms with Crippen LogP contribution in [0.15, 0.2) is 54.6 Å². The number of halogens is 3. The molecule has 2 aliphatic rings. The second-order valence-corrected chi connectivity index (χ2v) is 8.42. The molecule has 6 nitrogen and oxygen atoms in total. The van der Waals surface area contributed by atoms with Crippen LogP contribution in [0.4, 0.5) is 29.3 Å². The monoisotopic (exact) mass is 460 g/mol. The normalized spacial score (nSPS) is 17.7. The molecule has 0 saturated carbocycles. The number of alkyl halides is 3. The van der Waals surface area contributed by atoms with E-state index in [0.29, 0.717) is 57.8 Å². The average molecular weight is 461 g/mol. The maximum Gasteiger partial charge on any atom is 0.416 e. The number of hydrogen-bond donors (Lipinski definition) is 1. The minimum Gasteiger partial charge on any atom is -0.368 e. The van der Waals surface area contributed by atoms with Gasteiger partial charge in [-0.25, -0.2) is 4.79 Å². The zero-order chi connectivity index (χ0) is 23.4. The molecule has 0 bridgehead atoms. The van der Waals surface area contributed by atoms with Crippen molar-refractivity contribution in [3.05, 3.63) is 60.2 Å². The Bertz CT molecular complexity index is 967. The van der Waals surface area contributed by atoms with E-state index in [1.54, 1.807) is 15.9 Å². The number of nitrogens with zero attached hydrogens (tertiary/aromatic N) is 3. The van der Waals surface area contributed by atoms with Crippen LogP contribution in [-0.4, -0.2) is 61.0 Å². The lowest BCUT2D eigenvalue weighted by molar-refractivity contribution is -0.138. The molecule has 0 aromatic heterocycles. The molecular formula is C24H27F3N4O2. The summed E-state index contributed by atoms with van der Waals surface area (Å²) in [5.74, 6) is -0.0623. The van der Waals surface area contributed by atoms with Gasteiger partial charge in [-0.05, 0) is 43.2 Å². The van der Waals surface area contributed by atoms with E-state index in [-0.39, 0.29) is 17.9 Å². The quantitative estimate of drug-likeness (QED) is 0.743. The Morgan fingerprint density at radius 1 is 0.818 bits per heavy atom. The highest BCUT2D eigenvalue weighted by atomic mass is 19.4. The van der Waals surface area contributed by atoms with Crippen LogP contribution >= 0.6 is 0 Å². The molecule has 0 aliphatic carbocycles. The number of nitrogens with one attached hydrogen (secondary N) is 1. The third kappa shape index (κ3) is 5.58. The van der Waals surface area contributed by atoms with E-state index >= 15 is 0 Å². The van der Waals surface area contributed by atoms with Crippen LogP contribution in [0.2, 0.25) is 0 Å². The van der Waals surface area contributed by atoms with Crippen LogP contribution in [0.1, 0.15) is 18.4 Å². The number of anilines is 2. The summed E-state index contributed by atoms with van der Waals surface area (Å²) in [4.78, 5) is 30.8. The number of piperazine rings is 1. The zero-order valence-corrected chi connectivity index (χ0v) is 18.2. The van der Waals surface area contributed by atoms with Gasteiger partial charge in [0.05, 0.1) is 5.56 Å². The fourth-order valence-corrected chi connectivity index (χ4v) is 4.38. The summed E-state index contributed by atoms with van der Waals surface area (Å²) in [5, 5.41) is 2.87. The number of carbonyl (C=O) groups excluding carboxylic acids is 2. The topological polar surface area (TPSA) is 55.9 Å². The molecule has 2 fully saturated rings. The van der Waals surface area contributed by atoms with E-state index in [2.05, 4.69) is 5.32 Å². The number of rotatable bonds is 3. The molecule has 1 N–H and O–H groups in total. The van der Waals surface area contributed by atoms with Gasteiger partial charge in [-0.3, -0.25) is 4.79 Å². The van der Waals surface area contributed by atoms with Crippen molar-refractivity contribution in [1.29, 1.82) is 0 Å². The molecule has 0 atom stereocenters. The number of para-hydroxylation sites is 1. The molecule has 9 heteroatoms. The number of hydrogen-bond acceptors (Lipinski definition) is 3. The lowest BCUT2D eigenvalue weighted by Gasteiger charge is -2.39. The molecule has 176 valence electrons. The fourth-order valence-electron chi connectivity index (χ4n) is 4.38. The lowest BCUT2D eigenvalue weighted by Crippen LogP contribution is -2.52. The number of likely N-dealkylation sites (tertiary alicyclic amines) is 1. The summed E-state index contributed by atoms with van der Waals surface area (Å²) < 4.78 is 39.0. The third-order valence-corrected chi connectivity index (χ3v) is 6.29. The van der Waals surface area contributed by atoms with Crippen molar-refractivity contribution in [2.75, 3.05) is 49.5 Å². The van der Waals surface area contributed by atoms with Gasteiger partial charge in [-0.15, -0.1) is 0 Å². The first-order chi connectivity index (χ1) is 15.8. The number of amides is 3. The van der Waals surface area contributed by atoms with Crippen molar-refractivity contribution in [3.8, 4) is 0 Å². The summed E-state index contributed by atoms with van der Waals surface area (Å²) in [5.41, 5.74) is 0.593. The zero-order valence-electron chi connectivity index (χ0n) is 18.2. The Morgan fingerprint density at radius 3 is 2.12 bits per heavy atom. The molecule has 33 heavy (non-hydrogen) atoms. The van der Waals surface area contributed by atoms with Crippen molar-refractivity contribution in [3.63, 3.8) is 0 Å². The van der Waals surface area contributed by atoms with Crippen molar-refractivity contribution in [1.82, 2.24) is 9.80 Å². The minimum atomic E-state index is -4.37. The van der Waals surface area contributed by atoms with Gasteiger partial charge in [0, 0.05) is 56.6 Å². The van der Waals surface area contributed by atoms with Crippen molar-refractivity contribution >= 4 is 23.3 Å². The molecule has 2 aromatic rings. The molecular weight excluding hydrogens is 433 g/mol. The van der Waals surface area contributed by atoms with Gasteiger partial charge in [0.15, 0.2) is 0 Å². The third-order valence-electron chi connectivity index (χ3n) is 6.29. The number of piperidine rings is 1. The standard InChI is InChI=1S/C24H27F3N4O2/c25-24(26,27)19-5-4-8-21(17-19)29-13-15-30(16-14-29)22(32)18-9-11-31(12-10-18)23(33)28-20-6-2-1-3-7-20/h1-8,17-18H,9-16H2,(H,28,33). The molecule has 2 aromatic carbocycles. The summed E-state index contributed by atoms with van der Waals surface area (Å²) in [6, 6.07) is 14.4. The first kappa shape index (κ1) is 22.9. The van der Waals surface area contributed by atoms with Crippen LogP contribution in [0.3, 0.4) is 0 Å². The largest absolute Gasteiger partial charge is 0.416 e. The predicted octanol–water partition coefficient (Wildman–Crippen LogP) is 4.30. The highest BCUT2D eigenvalue weighted by Gasteiger charge is 2.33. The molecule has 2 saturated heterocycles. The Morgan fingerprint density at radius 2 is 1.48 bits per heavy atom. The van der Waals surface area contributed by atoms with Crippen LogP contribution in [0.25, 0.3) is 0 Å². The summed E-state index contributed by atoms with van der Waals surface area (Å²) in [6.07, 6.45) is -3.16. The Kier molecular flexibility index (Phi) is 6.76. The van der Waals surface area contributed by atoms with E-state index < -0.39 is 11.7 Å². The number of benzene rings is 2. The Balaban J connectivity index is 1.25. The van der Waals surface area contributed by atoms with Gasteiger partial charge in [-0.2, -0.15) is 13.2 Å². The highest BCUT2D eigenvalue weighted by molar-refractivity contribution is 5.89. The fraction of sp³-hybridized carbons (Fsp3) is 0.417. The first-order valence-corrected chi connectivity index (χ1v) is 11.1. The summed E-state index contributed by atoms with van der Waals surface area (Å²) in [7, 11) is 0. The van der Waals surface area contributed by atoms with Crippen LogP contribution in [-0.2, 0) is 11.0 Å². The second-order valence-electron chi connectivity index (χ2n) is 8.42.